The average Bonchev–Trinajstić information content (AvgIpc) is 3.02. The van der Waals surface area contributed by atoms with Crippen LogP contribution in [0.5, 0.6) is 0 Å². The Morgan fingerprint density at radius 1 is 1.19 bits per heavy atom. The Hall–Kier alpha value is -1.77. The Balaban J connectivity index is 1.63. The van der Waals surface area contributed by atoms with Crippen LogP contribution in [0.1, 0.15) is 29.7 Å². The molecule has 0 unspecified atom stereocenters. The van der Waals surface area contributed by atoms with E-state index in [4.69, 9.17) is 0 Å². The number of thiazole rings is 1. The number of carbonyl (C=O) groups is 1. The Morgan fingerprint density at radius 2 is 1.88 bits per heavy atom. The van der Waals surface area contributed by atoms with Crippen LogP contribution in [0.15, 0.2) is 28.5 Å². The first kappa shape index (κ1) is 19.0. The summed E-state index contributed by atoms with van der Waals surface area (Å²) in [4.78, 5) is 16.9. The minimum Gasteiger partial charge on any atom is -0.302 e. The smallest absolute Gasteiger partial charge is 0.243 e. The molecular weight excluding hydrogens is 370 g/mol. The predicted octanol–water partition coefficient (Wildman–Crippen LogP) is 3.11. The second-order valence-corrected chi connectivity index (χ2v) is 9.50. The van der Waals surface area contributed by atoms with E-state index in [2.05, 4.69) is 10.3 Å². The molecule has 0 atom stereocenters. The summed E-state index contributed by atoms with van der Waals surface area (Å²) in [5.74, 6) is -0.270. The zero-order valence-corrected chi connectivity index (χ0v) is 16.8. The molecule has 26 heavy (non-hydrogen) atoms. The summed E-state index contributed by atoms with van der Waals surface area (Å²) in [6.45, 7) is 6.45. The molecule has 1 aromatic heterocycles. The standard InChI is InChI=1S/C18H23N3O3S2/c1-12-4-5-16(10-13(12)2)26(23,24)21-8-6-15(7-9-21)17(22)20-18-19-14(3)11-25-18/h4-5,10-11,15H,6-9H2,1-3H3,(H,19,20,22). The van der Waals surface area contributed by atoms with Crippen molar-refractivity contribution in [3.05, 3.63) is 40.4 Å². The number of anilines is 1. The molecule has 1 amide bonds. The summed E-state index contributed by atoms with van der Waals surface area (Å²) in [6.07, 6.45) is 1.03. The van der Waals surface area contributed by atoms with E-state index in [1.807, 2.05) is 32.2 Å². The number of amides is 1. The highest BCUT2D eigenvalue weighted by atomic mass is 32.2. The van der Waals surface area contributed by atoms with Crippen LogP contribution in [0.4, 0.5) is 5.13 Å². The Morgan fingerprint density at radius 3 is 2.46 bits per heavy atom. The van der Waals surface area contributed by atoms with Crippen molar-refractivity contribution in [2.24, 2.45) is 5.92 Å². The molecule has 1 N–H and O–H groups in total. The van der Waals surface area contributed by atoms with Crippen LogP contribution in [-0.4, -0.2) is 36.7 Å². The van der Waals surface area contributed by atoms with E-state index >= 15 is 0 Å². The van der Waals surface area contributed by atoms with Gasteiger partial charge in [0.25, 0.3) is 0 Å². The number of aromatic nitrogens is 1. The van der Waals surface area contributed by atoms with Crippen LogP contribution >= 0.6 is 11.3 Å². The lowest BCUT2D eigenvalue weighted by atomic mass is 9.97. The molecule has 3 rings (SSSR count). The van der Waals surface area contributed by atoms with Gasteiger partial charge < -0.3 is 5.32 Å². The molecule has 1 saturated heterocycles. The first-order valence-electron chi connectivity index (χ1n) is 8.58. The van der Waals surface area contributed by atoms with E-state index in [9.17, 15) is 13.2 Å². The molecule has 140 valence electrons. The molecule has 1 aliphatic rings. The number of aryl methyl sites for hydroxylation is 3. The minimum absolute atomic E-state index is 0.0809. The maximum atomic E-state index is 12.8. The van der Waals surface area contributed by atoms with E-state index in [0.29, 0.717) is 36.0 Å². The van der Waals surface area contributed by atoms with Gasteiger partial charge in [-0.15, -0.1) is 11.3 Å². The number of carbonyl (C=O) groups excluding carboxylic acids is 1. The fraction of sp³-hybridized carbons (Fsp3) is 0.444. The molecule has 0 bridgehead atoms. The molecule has 0 radical (unpaired) electrons. The molecule has 0 saturated carbocycles. The number of benzene rings is 1. The third-order valence-electron chi connectivity index (χ3n) is 4.79. The lowest BCUT2D eigenvalue weighted by molar-refractivity contribution is -0.120. The number of piperidine rings is 1. The number of hydrogen-bond acceptors (Lipinski definition) is 5. The maximum absolute atomic E-state index is 12.8. The maximum Gasteiger partial charge on any atom is 0.243 e. The third kappa shape index (κ3) is 3.97. The predicted molar refractivity (Wildman–Crippen MR) is 103 cm³/mol. The van der Waals surface area contributed by atoms with Crippen LogP contribution in [0.25, 0.3) is 0 Å². The van der Waals surface area contributed by atoms with Crippen molar-refractivity contribution in [1.29, 1.82) is 0 Å². The lowest BCUT2D eigenvalue weighted by Crippen LogP contribution is -2.41. The van der Waals surface area contributed by atoms with Crippen LogP contribution < -0.4 is 5.32 Å². The van der Waals surface area contributed by atoms with Gasteiger partial charge in [0.15, 0.2) is 5.13 Å². The fourth-order valence-electron chi connectivity index (χ4n) is 3.00. The summed E-state index contributed by atoms with van der Waals surface area (Å²) < 4.78 is 27.2. The Labute approximate surface area is 158 Å². The van der Waals surface area contributed by atoms with Crippen LogP contribution in [0, 0.1) is 26.7 Å². The topological polar surface area (TPSA) is 79.4 Å². The van der Waals surface area contributed by atoms with Gasteiger partial charge in [0.05, 0.1) is 10.6 Å². The van der Waals surface area contributed by atoms with Crippen molar-refractivity contribution in [2.45, 2.75) is 38.5 Å². The molecule has 2 aromatic rings. The van der Waals surface area contributed by atoms with Crippen molar-refractivity contribution in [3.8, 4) is 0 Å². The lowest BCUT2D eigenvalue weighted by Gasteiger charge is -2.30. The number of sulfonamides is 1. The average molecular weight is 394 g/mol. The summed E-state index contributed by atoms with van der Waals surface area (Å²) in [7, 11) is -3.51. The fourth-order valence-corrected chi connectivity index (χ4v) is 5.25. The minimum atomic E-state index is -3.51. The second-order valence-electron chi connectivity index (χ2n) is 6.71. The SMILES string of the molecule is Cc1csc(NC(=O)C2CCN(S(=O)(=O)c3ccc(C)c(C)c3)CC2)n1. The molecule has 0 aliphatic carbocycles. The molecule has 6 nitrogen and oxygen atoms in total. The molecular formula is C18H23N3O3S2. The van der Waals surface area contributed by atoms with Crippen molar-refractivity contribution < 1.29 is 13.2 Å². The normalized spacial score (nSPS) is 16.6. The highest BCUT2D eigenvalue weighted by molar-refractivity contribution is 7.89. The van der Waals surface area contributed by atoms with E-state index in [1.54, 1.807) is 12.1 Å². The quantitative estimate of drug-likeness (QED) is 0.866. The van der Waals surface area contributed by atoms with Gasteiger partial charge in [0, 0.05) is 24.4 Å². The monoisotopic (exact) mass is 393 g/mol. The molecule has 1 fully saturated rings. The summed E-state index contributed by atoms with van der Waals surface area (Å²) >= 11 is 1.40. The molecule has 1 aromatic carbocycles. The van der Waals surface area contributed by atoms with Crippen LogP contribution in [0.3, 0.4) is 0 Å². The zero-order valence-electron chi connectivity index (χ0n) is 15.2. The van der Waals surface area contributed by atoms with Crippen molar-refractivity contribution in [1.82, 2.24) is 9.29 Å². The third-order valence-corrected chi connectivity index (χ3v) is 7.56. The highest BCUT2D eigenvalue weighted by Crippen LogP contribution is 2.26. The van der Waals surface area contributed by atoms with E-state index < -0.39 is 10.0 Å². The molecule has 1 aliphatic heterocycles. The number of nitrogens with zero attached hydrogens (tertiary/aromatic N) is 2. The summed E-state index contributed by atoms with van der Waals surface area (Å²) in [6, 6.07) is 5.20. The van der Waals surface area contributed by atoms with Crippen molar-refractivity contribution in [3.63, 3.8) is 0 Å². The number of nitrogens with one attached hydrogen (secondary N) is 1. The van der Waals surface area contributed by atoms with Gasteiger partial charge in [-0.05, 0) is 56.9 Å². The van der Waals surface area contributed by atoms with Crippen LogP contribution in [0.2, 0.25) is 0 Å². The van der Waals surface area contributed by atoms with Crippen molar-refractivity contribution >= 4 is 32.4 Å². The number of rotatable bonds is 4. The summed E-state index contributed by atoms with van der Waals surface area (Å²) in [5, 5.41) is 5.31. The van der Waals surface area contributed by atoms with Gasteiger partial charge in [-0.2, -0.15) is 4.31 Å². The Kier molecular flexibility index (Phi) is 5.45. The van der Waals surface area contributed by atoms with Gasteiger partial charge in [-0.1, -0.05) is 6.07 Å². The van der Waals surface area contributed by atoms with Gasteiger partial charge in [0.2, 0.25) is 15.9 Å². The first-order chi connectivity index (χ1) is 12.3. The van der Waals surface area contributed by atoms with Gasteiger partial charge >= 0.3 is 0 Å². The largest absolute Gasteiger partial charge is 0.302 e. The van der Waals surface area contributed by atoms with Crippen LogP contribution in [-0.2, 0) is 14.8 Å². The molecule has 8 heteroatoms. The highest BCUT2D eigenvalue weighted by Gasteiger charge is 2.32. The van der Waals surface area contributed by atoms with E-state index in [-0.39, 0.29) is 11.8 Å². The van der Waals surface area contributed by atoms with Gasteiger partial charge in [-0.3, -0.25) is 4.79 Å². The molecule has 2 heterocycles. The summed E-state index contributed by atoms with van der Waals surface area (Å²) in [5.41, 5.74) is 2.90. The van der Waals surface area contributed by atoms with E-state index in [1.165, 1.54) is 15.6 Å². The van der Waals surface area contributed by atoms with Crippen molar-refractivity contribution in [2.75, 3.05) is 18.4 Å². The Bertz CT molecular complexity index is 914. The van der Waals surface area contributed by atoms with Gasteiger partial charge in [0.1, 0.15) is 0 Å². The number of hydrogen-bond donors (Lipinski definition) is 1. The molecule has 0 spiro atoms. The first-order valence-corrected chi connectivity index (χ1v) is 10.9. The second kappa shape index (κ2) is 7.46. The van der Waals surface area contributed by atoms with E-state index in [0.717, 1.165) is 16.8 Å². The zero-order chi connectivity index (χ0) is 18.9. The van der Waals surface area contributed by atoms with Gasteiger partial charge in [-0.25, -0.2) is 13.4 Å².